The Morgan fingerprint density at radius 2 is 1.94 bits per heavy atom. The molecule has 168 valence electrons. The van der Waals surface area contributed by atoms with E-state index in [0.29, 0.717) is 38.0 Å². The first-order chi connectivity index (χ1) is 15.6. The van der Waals surface area contributed by atoms with Gasteiger partial charge in [-0.3, -0.25) is 9.69 Å². The summed E-state index contributed by atoms with van der Waals surface area (Å²) in [5, 5.41) is 2.91. The van der Waals surface area contributed by atoms with Crippen molar-refractivity contribution in [3.05, 3.63) is 71.4 Å². The number of nitrogens with one attached hydrogen (secondary N) is 1. The van der Waals surface area contributed by atoms with Crippen LogP contribution in [0.5, 0.6) is 11.5 Å². The highest BCUT2D eigenvalue weighted by Gasteiger charge is 2.30. The van der Waals surface area contributed by atoms with Gasteiger partial charge in [0.2, 0.25) is 0 Å². The zero-order chi connectivity index (χ0) is 22.1. The molecule has 1 aromatic carbocycles. The highest BCUT2D eigenvalue weighted by atomic mass is 16.6. The van der Waals surface area contributed by atoms with E-state index >= 15 is 0 Å². The van der Waals surface area contributed by atoms with Gasteiger partial charge in [0.1, 0.15) is 19.0 Å². The van der Waals surface area contributed by atoms with E-state index in [4.69, 9.17) is 13.9 Å². The summed E-state index contributed by atoms with van der Waals surface area (Å²) < 4.78 is 19.8. The lowest BCUT2D eigenvalue weighted by Gasteiger charge is -2.37. The van der Waals surface area contributed by atoms with Crippen LogP contribution in [0.2, 0.25) is 0 Å². The van der Waals surface area contributed by atoms with Gasteiger partial charge in [-0.05, 0) is 47.9 Å². The summed E-state index contributed by atoms with van der Waals surface area (Å²) in [5.41, 5.74) is 2.38. The van der Waals surface area contributed by atoms with E-state index in [1.54, 1.807) is 6.07 Å². The molecule has 2 aliphatic heterocycles. The van der Waals surface area contributed by atoms with Gasteiger partial charge in [0.25, 0.3) is 5.91 Å². The van der Waals surface area contributed by atoms with Crippen molar-refractivity contribution in [2.24, 2.45) is 5.92 Å². The van der Waals surface area contributed by atoms with Crippen LogP contribution in [0, 0.1) is 5.92 Å². The maximum Gasteiger partial charge on any atom is 0.287 e. The van der Waals surface area contributed by atoms with Gasteiger partial charge in [-0.2, -0.15) is 0 Å². The van der Waals surface area contributed by atoms with E-state index in [-0.39, 0.29) is 11.9 Å². The molecule has 3 aromatic rings. The lowest BCUT2D eigenvalue weighted by atomic mass is 9.99. The van der Waals surface area contributed by atoms with Crippen molar-refractivity contribution < 1.29 is 18.7 Å². The van der Waals surface area contributed by atoms with E-state index in [2.05, 4.69) is 59.1 Å². The van der Waals surface area contributed by atoms with Crippen LogP contribution in [0.1, 0.15) is 47.5 Å². The summed E-state index contributed by atoms with van der Waals surface area (Å²) in [7, 11) is 0. The smallest absolute Gasteiger partial charge is 0.287 e. The maximum atomic E-state index is 12.4. The lowest BCUT2D eigenvalue weighted by Crippen LogP contribution is -2.37. The van der Waals surface area contributed by atoms with Crippen LogP contribution in [-0.2, 0) is 13.1 Å². The van der Waals surface area contributed by atoms with Gasteiger partial charge >= 0.3 is 0 Å². The molecule has 2 aromatic heterocycles. The number of ether oxygens (including phenoxy) is 2. The van der Waals surface area contributed by atoms with Gasteiger partial charge in [-0.25, -0.2) is 0 Å². The molecule has 1 unspecified atom stereocenters. The Labute approximate surface area is 187 Å². The number of fused-ring (bicyclic) bond motifs is 2. The molecule has 0 saturated heterocycles. The Balaban J connectivity index is 1.39. The van der Waals surface area contributed by atoms with E-state index in [1.165, 1.54) is 5.69 Å². The highest BCUT2D eigenvalue weighted by molar-refractivity contribution is 5.91. The van der Waals surface area contributed by atoms with Crippen molar-refractivity contribution in [3.8, 4) is 11.5 Å². The first-order valence-corrected chi connectivity index (χ1v) is 11.2. The van der Waals surface area contributed by atoms with Gasteiger partial charge in [0.05, 0.1) is 12.6 Å². The van der Waals surface area contributed by atoms with Crippen LogP contribution in [-0.4, -0.2) is 41.7 Å². The topological polar surface area (TPSA) is 68.9 Å². The van der Waals surface area contributed by atoms with Gasteiger partial charge in [0, 0.05) is 31.5 Å². The first kappa shape index (κ1) is 20.7. The van der Waals surface area contributed by atoms with E-state index in [1.807, 2.05) is 12.1 Å². The largest absolute Gasteiger partial charge is 0.486 e. The molecule has 1 N–H and O–H groups in total. The highest BCUT2D eigenvalue weighted by Crippen LogP contribution is 2.38. The summed E-state index contributed by atoms with van der Waals surface area (Å²) in [6.45, 7) is 8.30. The number of amides is 1. The fraction of sp³-hybridized carbons (Fsp3) is 0.400. The second-order valence-corrected chi connectivity index (χ2v) is 8.77. The number of aromatic nitrogens is 1. The SMILES string of the molecule is CC(C)CNC(=O)c1ccc(CN2CCn3cccc3C2c2ccc3c(c2)OCCO3)o1. The lowest BCUT2D eigenvalue weighted by molar-refractivity contribution is 0.0914. The molecule has 0 aliphatic carbocycles. The predicted molar refractivity (Wildman–Crippen MR) is 120 cm³/mol. The van der Waals surface area contributed by atoms with Gasteiger partial charge in [-0.1, -0.05) is 19.9 Å². The number of hydrogen-bond acceptors (Lipinski definition) is 5. The molecule has 0 saturated carbocycles. The summed E-state index contributed by atoms with van der Waals surface area (Å²) in [4.78, 5) is 14.7. The average Bonchev–Trinajstić information content (AvgIpc) is 3.46. The molecule has 4 heterocycles. The summed E-state index contributed by atoms with van der Waals surface area (Å²) >= 11 is 0. The van der Waals surface area contributed by atoms with Crippen molar-refractivity contribution in [1.82, 2.24) is 14.8 Å². The molecule has 0 spiro atoms. The Kier molecular flexibility index (Phi) is 5.66. The number of nitrogens with zero attached hydrogens (tertiary/aromatic N) is 2. The summed E-state index contributed by atoms with van der Waals surface area (Å²) in [6.07, 6.45) is 2.13. The van der Waals surface area contributed by atoms with Crippen LogP contribution in [0.15, 0.2) is 53.1 Å². The molecular weight excluding hydrogens is 406 g/mol. The standard InChI is InChI=1S/C25H29N3O4/c1-17(2)15-26-25(29)22-8-6-19(32-22)16-28-11-10-27-9-3-4-20(27)24(28)18-5-7-21-23(14-18)31-13-12-30-21/h3-9,14,17,24H,10-13,15-16H2,1-2H3,(H,26,29). The van der Waals surface area contributed by atoms with Crippen LogP contribution < -0.4 is 14.8 Å². The van der Waals surface area contributed by atoms with Crippen molar-refractivity contribution in [1.29, 1.82) is 0 Å². The normalized spacial score (nSPS) is 17.9. The molecule has 1 atom stereocenters. The molecule has 5 rings (SSSR count). The molecular formula is C25H29N3O4. The van der Waals surface area contributed by atoms with E-state index in [0.717, 1.165) is 35.9 Å². The van der Waals surface area contributed by atoms with E-state index in [9.17, 15) is 4.79 Å². The predicted octanol–water partition coefficient (Wildman–Crippen LogP) is 3.84. The van der Waals surface area contributed by atoms with E-state index < -0.39 is 0 Å². The van der Waals surface area contributed by atoms with Gasteiger partial charge < -0.3 is 23.8 Å². The number of hydrogen-bond donors (Lipinski definition) is 1. The number of rotatable bonds is 6. The molecule has 0 radical (unpaired) electrons. The first-order valence-electron chi connectivity index (χ1n) is 11.2. The van der Waals surface area contributed by atoms with Crippen LogP contribution in [0.4, 0.5) is 0 Å². The minimum atomic E-state index is -0.166. The second-order valence-electron chi connectivity index (χ2n) is 8.77. The Bertz CT molecular complexity index is 1100. The average molecular weight is 436 g/mol. The van der Waals surface area contributed by atoms with Crippen LogP contribution in [0.3, 0.4) is 0 Å². The molecule has 0 fully saturated rings. The van der Waals surface area contributed by atoms with Gasteiger partial charge in [0.15, 0.2) is 17.3 Å². The summed E-state index contributed by atoms with van der Waals surface area (Å²) in [6, 6.07) is 14.2. The number of furan rings is 1. The fourth-order valence-corrected chi connectivity index (χ4v) is 4.38. The molecule has 7 heteroatoms. The van der Waals surface area contributed by atoms with Crippen molar-refractivity contribution in [2.75, 3.05) is 26.3 Å². The third-order valence-electron chi connectivity index (χ3n) is 5.94. The third-order valence-corrected chi connectivity index (χ3v) is 5.94. The zero-order valence-electron chi connectivity index (χ0n) is 18.5. The Morgan fingerprint density at radius 3 is 2.78 bits per heavy atom. The monoisotopic (exact) mass is 435 g/mol. The molecule has 1 amide bonds. The Hall–Kier alpha value is -3.19. The quantitative estimate of drug-likeness (QED) is 0.637. The Morgan fingerprint density at radius 1 is 1.09 bits per heavy atom. The van der Waals surface area contributed by atoms with Crippen molar-refractivity contribution in [2.45, 2.75) is 33.0 Å². The molecule has 0 bridgehead atoms. The molecule has 32 heavy (non-hydrogen) atoms. The fourth-order valence-electron chi connectivity index (χ4n) is 4.38. The minimum absolute atomic E-state index is 0.0536. The molecule has 7 nitrogen and oxygen atoms in total. The van der Waals surface area contributed by atoms with Crippen LogP contribution >= 0.6 is 0 Å². The number of benzene rings is 1. The molecule has 2 aliphatic rings. The summed E-state index contributed by atoms with van der Waals surface area (Å²) in [5.74, 6) is 2.95. The van der Waals surface area contributed by atoms with Crippen molar-refractivity contribution in [3.63, 3.8) is 0 Å². The van der Waals surface area contributed by atoms with Crippen LogP contribution in [0.25, 0.3) is 0 Å². The number of carbonyl (C=O) groups is 1. The third kappa shape index (κ3) is 4.12. The minimum Gasteiger partial charge on any atom is -0.486 e. The van der Waals surface area contributed by atoms with Crippen molar-refractivity contribution >= 4 is 5.91 Å². The number of carbonyl (C=O) groups excluding carboxylic acids is 1. The maximum absolute atomic E-state index is 12.4. The second kappa shape index (κ2) is 8.74. The zero-order valence-corrected chi connectivity index (χ0v) is 18.5. The van der Waals surface area contributed by atoms with Gasteiger partial charge in [-0.15, -0.1) is 0 Å².